The molecule has 2 saturated carbocycles. The summed E-state index contributed by atoms with van der Waals surface area (Å²) in [5, 5.41) is 15.7. The predicted molar refractivity (Wildman–Crippen MR) is 83.9 cm³/mol. The molecule has 2 aliphatic carbocycles. The van der Waals surface area contributed by atoms with Gasteiger partial charge in [0.25, 0.3) is 5.69 Å². The number of anilines is 1. The number of benzene rings is 1. The molecule has 4 rings (SSSR count). The van der Waals surface area contributed by atoms with Crippen LogP contribution in [0.4, 0.5) is 11.4 Å². The Hall–Kier alpha value is -1.69. The molecular formula is C15H17N3O2S. The van der Waals surface area contributed by atoms with E-state index in [1.165, 1.54) is 30.6 Å². The highest BCUT2D eigenvalue weighted by Crippen LogP contribution is 2.46. The van der Waals surface area contributed by atoms with Gasteiger partial charge in [-0.05, 0) is 44.1 Å². The van der Waals surface area contributed by atoms with Gasteiger partial charge in [0.2, 0.25) is 0 Å². The number of aryl methyl sites for hydroxylation is 1. The van der Waals surface area contributed by atoms with Crippen LogP contribution in [-0.4, -0.2) is 15.9 Å². The van der Waals surface area contributed by atoms with E-state index in [-0.39, 0.29) is 10.6 Å². The maximum Gasteiger partial charge on any atom is 0.293 e. The third-order valence-electron chi connectivity index (χ3n) is 4.89. The van der Waals surface area contributed by atoms with Gasteiger partial charge in [0.05, 0.1) is 20.1 Å². The molecule has 2 bridgehead atoms. The van der Waals surface area contributed by atoms with Crippen molar-refractivity contribution in [3.05, 3.63) is 27.3 Å². The monoisotopic (exact) mass is 303 g/mol. The first-order valence-electron chi connectivity index (χ1n) is 7.42. The van der Waals surface area contributed by atoms with E-state index in [1.807, 2.05) is 13.0 Å². The van der Waals surface area contributed by atoms with E-state index >= 15 is 0 Å². The fourth-order valence-electron chi connectivity index (χ4n) is 3.97. The van der Waals surface area contributed by atoms with E-state index < -0.39 is 0 Å². The molecule has 3 atom stereocenters. The van der Waals surface area contributed by atoms with Gasteiger partial charge in [0.1, 0.15) is 5.69 Å². The normalized spacial score (nSPS) is 27.4. The number of hydrogen-bond acceptors (Lipinski definition) is 5. The van der Waals surface area contributed by atoms with Crippen molar-refractivity contribution in [2.75, 3.05) is 5.32 Å². The molecule has 0 amide bonds. The first-order chi connectivity index (χ1) is 10.1. The van der Waals surface area contributed by atoms with Crippen LogP contribution < -0.4 is 5.32 Å². The van der Waals surface area contributed by atoms with Gasteiger partial charge in [-0.15, -0.1) is 11.3 Å². The lowest BCUT2D eigenvalue weighted by atomic mass is 9.95. The Kier molecular flexibility index (Phi) is 2.89. The summed E-state index contributed by atoms with van der Waals surface area (Å²) in [5.74, 6) is 1.50. The van der Waals surface area contributed by atoms with Gasteiger partial charge < -0.3 is 5.32 Å². The molecular weight excluding hydrogens is 286 g/mol. The number of nitro groups is 1. The summed E-state index contributed by atoms with van der Waals surface area (Å²) in [4.78, 5) is 15.5. The molecule has 5 nitrogen and oxygen atoms in total. The Bertz CT molecular complexity index is 727. The third-order valence-corrected chi connectivity index (χ3v) is 5.82. The zero-order chi connectivity index (χ0) is 14.6. The average Bonchev–Trinajstić information content (AvgIpc) is 3.11. The van der Waals surface area contributed by atoms with Crippen LogP contribution in [-0.2, 0) is 0 Å². The minimum atomic E-state index is -0.288. The molecule has 1 N–H and O–H groups in total. The average molecular weight is 303 g/mol. The molecule has 0 aliphatic heterocycles. The largest absolute Gasteiger partial charge is 0.376 e. The van der Waals surface area contributed by atoms with Crippen molar-refractivity contribution in [1.29, 1.82) is 0 Å². The van der Waals surface area contributed by atoms with Crippen LogP contribution in [0.15, 0.2) is 12.1 Å². The molecule has 3 unspecified atom stereocenters. The Labute approximate surface area is 126 Å². The summed E-state index contributed by atoms with van der Waals surface area (Å²) in [6.07, 6.45) is 5.02. The smallest absolute Gasteiger partial charge is 0.293 e. The van der Waals surface area contributed by atoms with Gasteiger partial charge >= 0.3 is 0 Å². The van der Waals surface area contributed by atoms with E-state index in [0.717, 1.165) is 27.6 Å². The van der Waals surface area contributed by atoms with Crippen molar-refractivity contribution in [3.8, 4) is 0 Å². The molecule has 6 heteroatoms. The Balaban J connectivity index is 1.72. The highest BCUT2D eigenvalue weighted by Gasteiger charge is 2.40. The third kappa shape index (κ3) is 2.18. The van der Waals surface area contributed by atoms with Gasteiger partial charge in [-0.2, -0.15) is 0 Å². The summed E-state index contributed by atoms with van der Waals surface area (Å²) >= 11 is 1.50. The molecule has 2 aliphatic rings. The maximum absolute atomic E-state index is 11.4. The molecule has 1 aromatic heterocycles. The van der Waals surface area contributed by atoms with Gasteiger partial charge in [0.15, 0.2) is 0 Å². The van der Waals surface area contributed by atoms with Crippen LogP contribution >= 0.6 is 11.3 Å². The summed E-state index contributed by atoms with van der Waals surface area (Å²) in [7, 11) is 0. The Morgan fingerprint density at radius 3 is 2.90 bits per heavy atom. The Morgan fingerprint density at radius 1 is 1.38 bits per heavy atom. The van der Waals surface area contributed by atoms with Crippen LogP contribution in [0.25, 0.3) is 10.2 Å². The summed E-state index contributed by atoms with van der Waals surface area (Å²) in [6.45, 7) is 1.93. The summed E-state index contributed by atoms with van der Waals surface area (Å²) in [6, 6.07) is 3.90. The van der Waals surface area contributed by atoms with Crippen molar-refractivity contribution in [1.82, 2.24) is 4.98 Å². The van der Waals surface area contributed by atoms with Crippen molar-refractivity contribution in [2.24, 2.45) is 11.8 Å². The van der Waals surface area contributed by atoms with E-state index in [2.05, 4.69) is 10.3 Å². The number of thiazole rings is 1. The highest BCUT2D eigenvalue weighted by atomic mass is 32.1. The van der Waals surface area contributed by atoms with Crippen molar-refractivity contribution in [3.63, 3.8) is 0 Å². The number of rotatable bonds is 3. The first kappa shape index (κ1) is 13.0. The number of nitrogens with one attached hydrogen (secondary N) is 1. The van der Waals surface area contributed by atoms with E-state index in [0.29, 0.717) is 17.6 Å². The molecule has 1 heterocycles. The second-order valence-electron chi connectivity index (χ2n) is 6.25. The van der Waals surface area contributed by atoms with Gasteiger partial charge in [-0.3, -0.25) is 10.1 Å². The maximum atomic E-state index is 11.4. The quantitative estimate of drug-likeness (QED) is 0.684. The summed E-state index contributed by atoms with van der Waals surface area (Å²) < 4.78 is 0.887. The van der Waals surface area contributed by atoms with Crippen molar-refractivity contribution < 1.29 is 4.92 Å². The SMILES string of the molecule is Cc1nc2cc(NC3CC4CCC3C4)c([N+](=O)[O-])cc2s1. The van der Waals surface area contributed by atoms with Crippen LogP contribution in [0.2, 0.25) is 0 Å². The fraction of sp³-hybridized carbons (Fsp3) is 0.533. The molecule has 1 aromatic carbocycles. The number of nitrogens with zero attached hydrogens (tertiary/aromatic N) is 2. The van der Waals surface area contributed by atoms with E-state index in [4.69, 9.17) is 0 Å². The van der Waals surface area contributed by atoms with Crippen LogP contribution in [0.5, 0.6) is 0 Å². The van der Waals surface area contributed by atoms with Gasteiger partial charge in [-0.1, -0.05) is 6.42 Å². The number of hydrogen-bond donors (Lipinski definition) is 1. The molecule has 0 spiro atoms. The molecule has 2 fully saturated rings. The molecule has 21 heavy (non-hydrogen) atoms. The molecule has 0 radical (unpaired) electrons. The highest BCUT2D eigenvalue weighted by molar-refractivity contribution is 7.18. The minimum Gasteiger partial charge on any atom is -0.376 e. The number of fused-ring (bicyclic) bond motifs is 3. The first-order valence-corrected chi connectivity index (χ1v) is 8.24. The number of aromatic nitrogens is 1. The van der Waals surface area contributed by atoms with Crippen molar-refractivity contribution in [2.45, 2.75) is 38.6 Å². The fourth-order valence-corrected chi connectivity index (χ4v) is 4.81. The zero-order valence-electron chi connectivity index (χ0n) is 11.8. The second kappa shape index (κ2) is 4.66. The standard InChI is InChI=1S/C15H17N3O2S/c1-8-16-13-6-12(14(18(19)20)7-15(13)21-8)17-11-5-9-2-3-10(11)4-9/h6-7,9-11,17H,2-5H2,1H3. The zero-order valence-corrected chi connectivity index (χ0v) is 12.7. The van der Waals surface area contributed by atoms with Gasteiger partial charge in [-0.25, -0.2) is 4.98 Å². The number of nitro benzene ring substituents is 1. The lowest BCUT2D eigenvalue weighted by molar-refractivity contribution is -0.383. The van der Waals surface area contributed by atoms with Crippen molar-refractivity contribution >= 4 is 32.9 Å². The second-order valence-corrected chi connectivity index (χ2v) is 7.49. The molecule has 0 saturated heterocycles. The van der Waals surface area contributed by atoms with E-state index in [1.54, 1.807) is 6.07 Å². The van der Waals surface area contributed by atoms with Crippen LogP contribution in [0.3, 0.4) is 0 Å². The predicted octanol–water partition coefficient (Wildman–Crippen LogP) is 4.11. The summed E-state index contributed by atoms with van der Waals surface area (Å²) in [5.41, 5.74) is 1.66. The molecule has 110 valence electrons. The Morgan fingerprint density at radius 2 is 2.24 bits per heavy atom. The van der Waals surface area contributed by atoms with Crippen LogP contribution in [0.1, 0.15) is 30.7 Å². The minimum absolute atomic E-state index is 0.175. The molecule has 2 aromatic rings. The lowest BCUT2D eigenvalue weighted by Crippen LogP contribution is -2.26. The topological polar surface area (TPSA) is 68.1 Å². The van der Waals surface area contributed by atoms with Gasteiger partial charge in [0, 0.05) is 12.1 Å². The van der Waals surface area contributed by atoms with E-state index in [9.17, 15) is 10.1 Å². The van der Waals surface area contributed by atoms with Crippen LogP contribution in [0, 0.1) is 28.9 Å². The lowest BCUT2D eigenvalue weighted by Gasteiger charge is -2.23.